The Hall–Kier alpha value is -2.58. The first-order chi connectivity index (χ1) is 12.9. The normalized spacial score (nSPS) is 10.6. The van der Waals surface area contributed by atoms with Crippen LogP contribution in [-0.4, -0.2) is 29.7 Å². The molecule has 0 aliphatic heterocycles. The number of aromatic hydroxyl groups is 1. The predicted molar refractivity (Wildman–Crippen MR) is 107 cm³/mol. The minimum Gasteiger partial charge on any atom is -0.503 e. The lowest BCUT2D eigenvalue weighted by molar-refractivity contribution is -0.126. The van der Waals surface area contributed by atoms with Gasteiger partial charge in [-0.1, -0.05) is 23.7 Å². The number of phenolic OH excluding ortho intramolecular Hbond substituents is 1. The molecule has 0 saturated carbocycles. The van der Waals surface area contributed by atoms with Gasteiger partial charge in [0.05, 0.1) is 23.5 Å². The first kappa shape index (κ1) is 20.7. The Kier molecular flexibility index (Phi) is 7.63. The molecule has 0 atom stereocenters. The van der Waals surface area contributed by atoms with Gasteiger partial charge in [0.1, 0.15) is 6.42 Å². The molecule has 2 aromatic rings. The third kappa shape index (κ3) is 6.26. The van der Waals surface area contributed by atoms with Gasteiger partial charge in [-0.05, 0) is 52.7 Å². The molecule has 0 aromatic heterocycles. The number of ether oxygens (including phenoxy) is 1. The zero-order valence-corrected chi connectivity index (χ0v) is 16.7. The molecule has 2 rings (SSSR count). The molecule has 2 amide bonds. The van der Waals surface area contributed by atoms with Crippen molar-refractivity contribution < 1.29 is 19.4 Å². The van der Waals surface area contributed by atoms with E-state index in [0.29, 0.717) is 22.3 Å². The molecule has 0 aliphatic carbocycles. The number of anilines is 1. The lowest BCUT2D eigenvalue weighted by atomic mass is 10.2. The van der Waals surface area contributed by atoms with Gasteiger partial charge in [-0.2, -0.15) is 5.10 Å². The molecule has 27 heavy (non-hydrogen) atoms. The van der Waals surface area contributed by atoms with E-state index in [1.165, 1.54) is 18.3 Å². The Morgan fingerprint density at radius 2 is 2.04 bits per heavy atom. The quantitative estimate of drug-likeness (QED) is 0.337. The maximum atomic E-state index is 11.9. The molecular weight excluding hydrogens is 438 g/mol. The van der Waals surface area contributed by atoms with E-state index in [1.807, 2.05) is 6.07 Å². The predicted octanol–water partition coefficient (Wildman–Crippen LogP) is 3.69. The molecule has 0 aliphatic rings. The van der Waals surface area contributed by atoms with Gasteiger partial charge in [-0.15, -0.1) is 0 Å². The second kappa shape index (κ2) is 9.94. The number of phenols is 1. The van der Waals surface area contributed by atoms with Crippen molar-refractivity contribution in [2.45, 2.75) is 13.3 Å². The summed E-state index contributed by atoms with van der Waals surface area (Å²) >= 11 is 9.23. The second-order valence-corrected chi connectivity index (χ2v) is 6.54. The van der Waals surface area contributed by atoms with Crippen LogP contribution in [0.2, 0.25) is 5.02 Å². The number of benzene rings is 2. The van der Waals surface area contributed by atoms with E-state index < -0.39 is 11.8 Å². The van der Waals surface area contributed by atoms with Crippen LogP contribution in [0.4, 0.5) is 5.69 Å². The summed E-state index contributed by atoms with van der Waals surface area (Å²) < 4.78 is 5.98. The van der Waals surface area contributed by atoms with E-state index in [4.69, 9.17) is 16.3 Å². The van der Waals surface area contributed by atoms with Crippen molar-refractivity contribution in [2.75, 3.05) is 11.9 Å². The largest absolute Gasteiger partial charge is 0.503 e. The summed E-state index contributed by atoms with van der Waals surface area (Å²) in [7, 11) is 0. The van der Waals surface area contributed by atoms with Crippen molar-refractivity contribution in [1.82, 2.24) is 5.43 Å². The molecule has 7 nitrogen and oxygen atoms in total. The number of para-hydroxylation sites is 1. The molecule has 3 N–H and O–H groups in total. The van der Waals surface area contributed by atoms with Crippen LogP contribution >= 0.6 is 27.5 Å². The molecule has 0 saturated heterocycles. The number of carbonyl (C=O) groups is 2. The molecule has 9 heteroatoms. The SMILES string of the molecule is CCOc1cc(/C=N/NC(=O)CC(=O)Nc2ccccc2Br)cc(Cl)c1O. The summed E-state index contributed by atoms with van der Waals surface area (Å²) in [6.07, 6.45) is 0.941. The summed E-state index contributed by atoms with van der Waals surface area (Å²) in [6.45, 7) is 2.13. The lowest BCUT2D eigenvalue weighted by Gasteiger charge is -2.08. The van der Waals surface area contributed by atoms with Gasteiger partial charge in [0, 0.05) is 4.47 Å². The van der Waals surface area contributed by atoms with E-state index in [2.05, 4.69) is 31.8 Å². The van der Waals surface area contributed by atoms with E-state index in [0.717, 1.165) is 0 Å². The monoisotopic (exact) mass is 453 g/mol. The highest BCUT2D eigenvalue weighted by atomic mass is 79.9. The van der Waals surface area contributed by atoms with Gasteiger partial charge in [0.15, 0.2) is 11.5 Å². The van der Waals surface area contributed by atoms with Gasteiger partial charge in [0.2, 0.25) is 11.8 Å². The third-order valence-electron chi connectivity index (χ3n) is 3.22. The van der Waals surface area contributed by atoms with Gasteiger partial charge in [0.25, 0.3) is 0 Å². The Labute approximate surface area is 169 Å². The second-order valence-electron chi connectivity index (χ2n) is 5.28. The Bertz CT molecular complexity index is 874. The van der Waals surface area contributed by atoms with Crippen LogP contribution in [0, 0.1) is 0 Å². The van der Waals surface area contributed by atoms with Crippen molar-refractivity contribution in [3.8, 4) is 11.5 Å². The van der Waals surface area contributed by atoms with Gasteiger partial charge in [-0.25, -0.2) is 5.43 Å². The highest BCUT2D eigenvalue weighted by molar-refractivity contribution is 9.10. The number of hydrazone groups is 1. The van der Waals surface area contributed by atoms with Crippen LogP contribution in [0.1, 0.15) is 18.9 Å². The van der Waals surface area contributed by atoms with Crippen LogP contribution in [0.5, 0.6) is 11.5 Å². The van der Waals surface area contributed by atoms with E-state index >= 15 is 0 Å². The zero-order valence-electron chi connectivity index (χ0n) is 14.3. The number of hydrogen-bond donors (Lipinski definition) is 3. The molecule has 0 spiro atoms. The Balaban J connectivity index is 1.91. The maximum Gasteiger partial charge on any atom is 0.249 e. The smallest absolute Gasteiger partial charge is 0.249 e. The van der Waals surface area contributed by atoms with Crippen molar-refractivity contribution in [2.24, 2.45) is 5.10 Å². The van der Waals surface area contributed by atoms with Gasteiger partial charge in [-0.3, -0.25) is 9.59 Å². The first-order valence-electron chi connectivity index (χ1n) is 7.92. The van der Waals surface area contributed by atoms with Crippen LogP contribution < -0.4 is 15.5 Å². The fourth-order valence-corrected chi connectivity index (χ4v) is 2.66. The summed E-state index contributed by atoms with van der Waals surface area (Å²) in [5, 5.41) is 16.3. The van der Waals surface area contributed by atoms with Crippen LogP contribution in [0.25, 0.3) is 0 Å². The molecular formula is C18H17BrClN3O4. The average molecular weight is 455 g/mol. The van der Waals surface area contributed by atoms with Crippen LogP contribution in [0.15, 0.2) is 46.0 Å². The summed E-state index contributed by atoms with van der Waals surface area (Å²) in [5.41, 5.74) is 3.34. The topological polar surface area (TPSA) is 100 Å². The first-order valence-corrected chi connectivity index (χ1v) is 9.09. The van der Waals surface area contributed by atoms with Crippen LogP contribution in [-0.2, 0) is 9.59 Å². The summed E-state index contributed by atoms with van der Waals surface area (Å²) in [6, 6.07) is 10.1. The molecule has 142 valence electrons. The number of nitrogens with zero attached hydrogens (tertiary/aromatic N) is 1. The standard InChI is InChI=1S/C18H17BrClN3O4/c1-2-27-15-8-11(7-13(20)18(15)26)10-21-23-17(25)9-16(24)22-14-6-4-3-5-12(14)19/h3-8,10,26H,2,9H2,1H3,(H,22,24)(H,23,25)/b21-10+. The number of rotatable bonds is 7. The molecule has 0 unspecified atom stereocenters. The van der Waals surface area contributed by atoms with Crippen molar-refractivity contribution >= 4 is 51.2 Å². The molecule has 0 fully saturated rings. The zero-order chi connectivity index (χ0) is 19.8. The number of halogens is 2. The molecule has 0 bridgehead atoms. The summed E-state index contributed by atoms with van der Waals surface area (Å²) in [4.78, 5) is 23.7. The lowest BCUT2D eigenvalue weighted by Crippen LogP contribution is -2.24. The average Bonchev–Trinajstić information content (AvgIpc) is 2.61. The van der Waals surface area contributed by atoms with E-state index in [1.54, 1.807) is 25.1 Å². The van der Waals surface area contributed by atoms with Crippen LogP contribution in [0.3, 0.4) is 0 Å². The number of carbonyl (C=O) groups excluding carboxylic acids is 2. The molecule has 0 heterocycles. The molecule has 2 aromatic carbocycles. The number of amides is 2. The van der Waals surface area contributed by atoms with E-state index in [-0.39, 0.29) is 22.9 Å². The minimum absolute atomic E-state index is 0.0987. The van der Waals surface area contributed by atoms with Crippen molar-refractivity contribution in [1.29, 1.82) is 0 Å². The Morgan fingerprint density at radius 1 is 1.30 bits per heavy atom. The highest BCUT2D eigenvalue weighted by Gasteiger charge is 2.11. The fraction of sp³-hybridized carbons (Fsp3) is 0.167. The Morgan fingerprint density at radius 3 is 2.74 bits per heavy atom. The number of nitrogens with one attached hydrogen (secondary N) is 2. The highest BCUT2D eigenvalue weighted by Crippen LogP contribution is 2.34. The summed E-state index contributed by atoms with van der Waals surface area (Å²) in [5.74, 6) is -0.999. The number of hydrogen-bond acceptors (Lipinski definition) is 5. The van der Waals surface area contributed by atoms with Gasteiger partial charge >= 0.3 is 0 Å². The third-order valence-corrected chi connectivity index (χ3v) is 4.20. The minimum atomic E-state index is -0.578. The van der Waals surface area contributed by atoms with Crippen molar-refractivity contribution in [3.05, 3.63) is 51.5 Å². The van der Waals surface area contributed by atoms with Gasteiger partial charge < -0.3 is 15.2 Å². The maximum absolute atomic E-state index is 11.9. The van der Waals surface area contributed by atoms with Crippen molar-refractivity contribution in [3.63, 3.8) is 0 Å². The van der Waals surface area contributed by atoms with E-state index in [9.17, 15) is 14.7 Å². The fourth-order valence-electron chi connectivity index (χ4n) is 2.05. The molecule has 0 radical (unpaired) electrons.